The van der Waals surface area contributed by atoms with Gasteiger partial charge in [0.1, 0.15) is 5.75 Å². The van der Waals surface area contributed by atoms with Crippen LogP contribution in [-0.4, -0.2) is 18.2 Å². The van der Waals surface area contributed by atoms with Crippen molar-refractivity contribution in [2.45, 2.75) is 6.42 Å². The molecule has 0 N–H and O–H groups in total. The molecular weight excluding hydrogens is 420 g/mol. The Morgan fingerprint density at radius 2 is 1.33 bits per heavy atom. The molecule has 3 aromatic carbocycles. The highest BCUT2D eigenvalue weighted by Gasteiger charge is 2.07. The summed E-state index contributed by atoms with van der Waals surface area (Å²) in [5.41, 5.74) is 19.6. The van der Waals surface area contributed by atoms with Crippen LogP contribution in [-0.2, 0) is 0 Å². The van der Waals surface area contributed by atoms with E-state index in [0.29, 0.717) is 28.3 Å². The van der Waals surface area contributed by atoms with Crippen molar-refractivity contribution < 1.29 is 14.3 Å². The first kappa shape index (κ1) is 22.8. The third-order valence-corrected chi connectivity index (χ3v) is 4.57. The molecule has 0 bridgehead atoms. The van der Waals surface area contributed by atoms with E-state index in [1.807, 2.05) is 0 Å². The largest absolute Gasteiger partial charge is 0.493 e. The molecule has 0 aromatic heterocycles. The fourth-order valence-electron chi connectivity index (χ4n) is 2.86. The molecule has 0 radical (unpaired) electrons. The molecule has 33 heavy (non-hydrogen) atoms. The number of hydrogen-bond acceptors (Lipinski definition) is 5. The lowest BCUT2D eigenvalue weighted by Gasteiger charge is -2.06. The summed E-state index contributed by atoms with van der Waals surface area (Å²) < 4.78 is 5.60. The maximum absolute atomic E-state index is 12.4. The van der Waals surface area contributed by atoms with Gasteiger partial charge in [-0.05, 0) is 47.0 Å². The average Bonchev–Trinajstić information content (AvgIpc) is 2.84. The summed E-state index contributed by atoms with van der Waals surface area (Å²) in [5.74, 6) is 0.294. The number of carbonyl (C=O) groups is 2. The number of ether oxygens (including phenoxy) is 1. The Balaban J connectivity index is 1.50. The Bertz CT molecular complexity index is 1250. The zero-order valence-corrected chi connectivity index (χ0v) is 17.4. The Kier molecular flexibility index (Phi) is 7.98. The molecule has 3 aromatic rings. The Morgan fingerprint density at radius 1 is 0.788 bits per heavy atom. The predicted molar refractivity (Wildman–Crippen MR) is 125 cm³/mol. The van der Waals surface area contributed by atoms with Crippen LogP contribution in [0.2, 0.25) is 0 Å². The maximum Gasteiger partial charge on any atom is 0.185 e. The van der Waals surface area contributed by atoms with Gasteiger partial charge in [-0.15, -0.1) is 0 Å². The molecule has 0 aliphatic heterocycles. The number of Topliss-reactive ketones (excluding diaryl/α,β-unsaturated/α-hetero) is 1. The highest BCUT2D eigenvalue weighted by Crippen LogP contribution is 2.17. The van der Waals surface area contributed by atoms with Crippen LogP contribution in [0, 0.1) is 0 Å². The Morgan fingerprint density at radius 3 is 1.91 bits per heavy atom. The minimum Gasteiger partial charge on any atom is -0.493 e. The van der Waals surface area contributed by atoms with Crippen LogP contribution < -0.4 is 4.74 Å². The van der Waals surface area contributed by atoms with Gasteiger partial charge in [-0.1, -0.05) is 64.8 Å². The van der Waals surface area contributed by atoms with E-state index in [9.17, 15) is 9.59 Å². The summed E-state index contributed by atoms with van der Waals surface area (Å²) in [6.45, 7) is 0.190. The normalized spacial score (nSPS) is 10.2. The van der Waals surface area contributed by atoms with Crippen LogP contribution in [0.25, 0.3) is 27.0 Å². The van der Waals surface area contributed by atoms with Gasteiger partial charge in [-0.2, -0.15) is 0 Å². The average molecular weight is 438 g/mol. The fourth-order valence-corrected chi connectivity index (χ4v) is 2.86. The van der Waals surface area contributed by atoms with Crippen molar-refractivity contribution >= 4 is 29.0 Å². The van der Waals surface area contributed by atoms with Gasteiger partial charge in [-0.3, -0.25) is 9.59 Å². The van der Waals surface area contributed by atoms with Crippen molar-refractivity contribution in [2.24, 2.45) is 10.2 Å². The van der Waals surface area contributed by atoms with Gasteiger partial charge in [-0.25, -0.2) is 0 Å². The summed E-state index contributed by atoms with van der Waals surface area (Å²) in [7, 11) is 0. The second kappa shape index (κ2) is 11.5. The first-order valence-electron chi connectivity index (χ1n) is 9.88. The Labute approximate surface area is 189 Å². The molecule has 0 aliphatic rings. The molecule has 9 nitrogen and oxygen atoms in total. The van der Waals surface area contributed by atoms with Crippen LogP contribution in [0.3, 0.4) is 0 Å². The molecule has 0 heterocycles. The molecule has 0 saturated carbocycles. The van der Waals surface area contributed by atoms with Gasteiger partial charge < -0.3 is 4.74 Å². The van der Waals surface area contributed by atoms with E-state index in [1.165, 1.54) is 6.08 Å². The lowest BCUT2D eigenvalue weighted by Crippen LogP contribution is -2.06. The summed E-state index contributed by atoms with van der Waals surface area (Å²) in [6.07, 6.45) is 3.32. The molecule has 0 atom stereocenters. The number of allylic oxidation sites excluding steroid dienone is 1. The molecule has 9 heteroatoms. The molecule has 0 amide bonds. The number of carbonyl (C=O) groups excluding carboxylic acids is 2. The minimum absolute atomic E-state index is 0.0908. The summed E-state index contributed by atoms with van der Waals surface area (Å²) in [6, 6.07) is 19.9. The lowest BCUT2D eigenvalue weighted by molar-refractivity contribution is 0.0961. The van der Waals surface area contributed by atoms with Gasteiger partial charge in [0.25, 0.3) is 0 Å². The quantitative estimate of drug-likeness (QED) is 0.109. The van der Waals surface area contributed by atoms with Crippen molar-refractivity contribution in [1.82, 2.24) is 0 Å². The number of benzene rings is 3. The lowest BCUT2D eigenvalue weighted by atomic mass is 10.1. The van der Waals surface area contributed by atoms with E-state index in [-0.39, 0.29) is 24.6 Å². The number of rotatable bonds is 10. The molecule has 0 unspecified atom stereocenters. The van der Waals surface area contributed by atoms with Gasteiger partial charge in [0, 0.05) is 38.7 Å². The molecule has 162 valence electrons. The zero-order chi connectivity index (χ0) is 23.5. The SMILES string of the molecule is [N-]=[N+]=Nc1ccc(C=CC(=O)c2ccc(OCCC(=O)c3ccc(N=[N+]=[N-])cc3)cc2)cc1. The number of hydrogen-bond donors (Lipinski definition) is 0. The third kappa shape index (κ3) is 6.83. The molecule has 3 rings (SSSR count). The molecule has 0 aliphatic carbocycles. The first-order valence-corrected chi connectivity index (χ1v) is 9.88. The van der Waals surface area contributed by atoms with Crippen molar-refractivity contribution in [3.63, 3.8) is 0 Å². The van der Waals surface area contributed by atoms with Crippen molar-refractivity contribution in [3.8, 4) is 5.75 Å². The molecular formula is C24H18N6O3. The van der Waals surface area contributed by atoms with Gasteiger partial charge in [0.05, 0.1) is 6.61 Å². The first-order chi connectivity index (χ1) is 16.1. The van der Waals surface area contributed by atoms with Crippen LogP contribution in [0.5, 0.6) is 5.75 Å². The van der Waals surface area contributed by atoms with E-state index in [4.69, 9.17) is 15.8 Å². The van der Waals surface area contributed by atoms with E-state index in [0.717, 1.165) is 5.56 Å². The fraction of sp³-hybridized carbons (Fsp3) is 0.0833. The Hall–Kier alpha value is -4.84. The highest BCUT2D eigenvalue weighted by atomic mass is 16.5. The predicted octanol–water partition coefficient (Wildman–Crippen LogP) is 7.12. The summed E-state index contributed by atoms with van der Waals surface area (Å²) in [5, 5.41) is 6.97. The molecule has 0 fully saturated rings. The standard InChI is InChI=1S/C24H18N6O3/c25-29-27-20-8-1-17(2-9-20)3-14-23(31)19-6-12-22(13-7-19)33-16-15-24(32)18-4-10-21(11-5-18)28-30-26/h1-14H,15-16H2. The van der Waals surface area contributed by atoms with E-state index in [2.05, 4.69) is 20.1 Å². The van der Waals surface area contributed by atoms with Gasteiger partial charge >= 0.3 is 0 Å². The second-order valence-electron chi connectivity index (χ2n) is 6.76. The van der Waals surface area contributed by atoms with Gasteiger partial charge in [0.15, 0.2) is 11.6 Å². The summed E-state index contributed by atoms with van der Waals surface area (Å²) >= 11 is 0. The number of azide groups is 2. The summed E-state index contributed by atoms with van der Waals surface area (Å²) in [4.78, 5) is 30.0. The molecule has 0 saturated heterocycles. The van der Waals surface area contributed by atoms with Crippen LogP contribution in [0.4, 0.5) is 11.4 Å². The second-order valence-corrected chi connectivity index (χ2v) is 6.76. The highest BCUT2D eigenvalue weighted by molar-refractivity contribution is 6.06. The monoisotopic (exact) mass is 438 g/mol. The van der Waals surface area contributed by atoms with E-state index < -0.39 is 0 Å². The van der Waals surface area contributed by atoms with Gasteiger partial charge in [0.2, 0.25) is 0 Å². The van der Waals surface area contributed by atoms with Crippen LogP contribution in [0.15, 0.2) is 89.1 Å². The maximum atomic E-state index is 12.4. The van der Waals surface area contributed by atoms with Crippen molar-refractivity contribution in [2.75, 3.05) is 6.61 Å². The van der Waals surface area contributed by atoms with Crippen LogP contribution in [0.1, 0.15) is 32.7 Å². The molecule has 0 spiro atoms. The zero-order valence-electron chi connectivity index (χ0n) is 17.4. The number of ketones is 2. The smallest absolute Gasteiger partial charge is 0.185 e. The number of nitrogens with zero attached hydrogens (tertiary/aromatic N) is 6. The topological polar surface area (TPSA) is 141 Å². The minimum atomic E-state index is -0.167. The van der Waals surface area contributed by atoms with E-state index >= 15 is 0 Å². The third-order valence-electron chi connectivity index (χ3n) is 4.57. The van der Waals surface area contributed by atoms with Crippen molar-refractivity contribution in [3.05, 3.63) is 116 Å². The van der Waals surface area contributed by atoms with E-state index in [1.54, 1.807) is 78.9 Å². The van der Waals surface area contributed by atoms with Crippen molar-refractivity contribution in [1.29, 1.82) is 0 Å². The van der Waals surface area contributed by atoms with Crippen LogP contribution >= 0.6 is 0 Å².